The van der Waals surface area contributed by atoms with Gasteiger partial charge in [-0.25, -0.2) is 0 Å². The lowest BCUT2D eigenvalue weighted by atomic mass is 10.3. The van der Waals surface area contributed by atoms with E-state index in [1.807, 2.05) is 20.9 Å². The van der Waals surface area contributed by atoms with Crippen molar-refractivity contribution in [2.75, 3.05) is 39.8 Å². The predicted molar refractivity (Wildman–Crippen MR) is 68.6 cm³/mol. The molecule has 0 aromatic rings. The molecule has 0 aromatic carbocycles. The van der Waals surface area contributed by atoms with Crippen molar-refractivity contribution in [1.29, 1.82) is 0 Å². The average molecular weight is 229 g/mol. The summed E-state index contributed by atoms with van der Waals surface area (Å²) in [4.78, 5) is 15.7. The molecule has 0 radical (unpaired) electrons. The lowest BCUT2D eigenvalue weighted by molar-refractivity contribution is -0.130. The van der Waals surface area contributed by atoms with Crippen molar-refractivity contribution in [3.63, 3.8) is 0 Å². The van der Waals surface area contributed by atoms with E-state index >= 15 is 0 Å². The number of nitrogens with zero attached hydrogens (tertiary/aromatic N) is 2. The summed E-state index contributed by atoms with van der Waals surface area (Å²) in [5.41, 5.74) is 0. The summed E-state index contributed by atoms with van der Waals surface area (Å²) >= 11 is 0. The topological polar surface area (TPSA) is 35.6 Å². The number of amides is 1. The maximum Gasteiger partial charge on any atom is 0.236 e. The quantitative estimate of drug-likeness (QED) is 0.625. The monoisotopic (exact) mass is 229 g/mol. The Balaban J connectivity index is 3.62. The molecule has 0 unspecified atom stereocenters. The zero-order chi connectivity index (χ0) is 12.6. The molecule has 0 heterocycles. The molecule has 0 saturated carbocycles. The number of rotatable bonds is 8. The van der Waals surface area contributed by atoms with Gasteiger partial charge in [0.1, 0.15) is 0 Å². The third kappa shape index (κ3) is 6.08. The van der Waals surface area contributed by atoms with E-state index in [0.29, 0.717) is 6.54 Å². The Hall–Kier alpha value is -0.610. The smallest absolute Gasteiger partial charge is 0.236 e. The van der Waals surface area contributed by atoms with Gasteiger partial charge in [0.15, 0.2) is 0 Å². The zero-order valence-electron chi connectivity index (χ0n) is 11.4. The van der Waals surface area contributed by atoms with Gasteiger partial charge in [-0.3, -0.25) is 4.79 Å². The molecule has 96 valence electrons. The number of hydrogen-bond acceptors (Lipinski definition) is 3. The van der Waals surface area contributed by atoms with Gasteiger partial charge in [-0.15, -0.1) is 0 Å². The number of nitrogens with one attached hydrogen (secondary N) is 1. The van der Waals surface area contributed by atoms with E-state index in [0.717, 1.165) is 26.2 Å². The Labute approximate surface area is 100.0 Å². The summed E-state index contributed by atoms with van der Waals surface area (Å²) in [5, 5.41) is 3.19. The number of likely N-dealkylation sites (N-methyl/N-ethyl adjacent to an activating group) is 2. The van der Waals surface area contributed by atoms with Crippen LogP contribution in [-0.4, -0.2) is 61.5 Å². The molecule has 4 heteroatoms. The Morgan fingerprint density at radius 3 is 2.25 bits per heavy atom. The Kier molecular flexibility index (Phi) is 8.21. The largest absolute Gasteiger partial charge is 0.342 e. The van der Waals surface area contributed by atoms with Crippen molar-refractivity contribution in [2.45, 2.75) is 33.7 Å². The molecule has 0 spiro atoms. The minimum absolute atomic E-state index is 0.162. The van der Waals surface area contributed by atoms with Gasteiger partial charge < -0.3 is 15.1 Å². The van der Waals surface area contributed by atoms with Gasteiger partial charge >= 0.3 is 0 Å². The molecule has 0 aromatic heterocycles. The third-order valence-corrected chi connectivity index (χ3v) is 2.94. The molecule has 0 atom stereocenters. The van der Waals surface area contributed by atoms with Crippen molar-refractivity contribution in [3.8, 4) is 0 Å². The van der Waals surface area contributed by atoms with Crippen LogP contribution in [0, 0.1) is 0 Å². The first-order valence-corrected chi connectivity index (χ1v) is 6.21. The first-order chi connectivity index (χ1) is 7.52. The van der Waals surface area contributed by atoms with Crippen LogP contribution in [0.5, 0.6) is 0 Å². The van der Waals surface area contributed by atoms with Crippen LogP contribution in [0.15, 0.2) is 0 Å². The molecule has 0 aliphatic rings. The van der Waals surface area contributed by atoms with E-state index in [2.05, 4.69) is 24.1 Å². The molecule has 0 aliphatic heterocycles. The second-order valence-electron chi connectivity index (χ2n) is 4.30. The van der Waals surface area contributed by atoms with Crippen LogP contribution in [0.2, 0.25) is 0 Å². The minimum Gasteiger partial charge on any atom is -0.342 e. The third-order valence-electron chi connectivity index (χ3n) is 2.94. The Bertz CT molecular complexity index is 191. The highest BCUT2D eigenvalue weighted by Crippen LogP contribution is 1.93. The maximum atomic E-state index is 11.6. The summed E-state index contributed by atoms with van der Waals surface area (Å²) in [6.45, 7) is 12.8. The van der Waals surface area contributed by atoms with E-state index in [-0.39, 0.29) is 11.9 Å². The lowest BCUT2D eigenvalue weighted by Gasteiger charge is -2.22. The molecule has 0 aliphatic carbocycles. The molecule has 4 nitrogen and oxygen atoms in total. The second kappa shape index (κ2) is 8.53. The van der Waals surface area contributed by atoms with E-state index in [1.165, 1.54) is 0 Å². The van der Waals surface area contributed by atoms with Gasteiger partial charge in [0, 0.05) is 26.2 Å². The minimum atomic E-state index is 0.162. The van der Waals surface area contributed by atoms with Gasteiger partial charge in [0.25, 0.3) is 0 Å². The predicted octanol–water partition coefficient (Wildman–Crippen LogP) is 0.785. The van der Waals surface area contributed by atoms with Crippen molar-refractivity contribution in [1.82, 2.24) is 15.1 Å². The summed E-state index contributed by atoms with van der Waals surface area (Å²) < 4.78 is 0. The van der Waals surface area contributed by atoms with Crippen LogP contribution >= 0.6 is 0 Å². The van der Waals surface area contributed by atoms with Crippen molar-refractivity contribution >= 4 is 5.91 Å². The highest BCUT2D eigenvalue weighted by Gasteiger charge is 2.10. The van der Waals surface area contributed by atoms with Gasteiger partial charge in [0.05, 0.1) is 6.54 Å². The van der Waals surface area contributed by atoms with Crippen LogP contribution < -0.4 is 5.32 Å². The summed E-state index contributed by atoms with van der Waals surface area (Å²) in [5.74, 6) is 0.162. The standard InChI is InChI=1S/C12H27N3O/c1-6-15(7-2)9-8-13-10-12(16)14(5)11(3)4/h11,13H,6-10H2,1-5H3. The van der Waals surface area contributed by atoms with Crippen LogP contribution in [0.25, 0.3) is 0 Å². The number of carbonyl (C=O) groups excluding carboxylic acids is 1. The SMILES string of the molecule is CCN(CC)CCNCC(=O)N(C)C(C)C. The number of hydrogen-bond donors (Lipinski definition) is 1. The second-order valence-corrected chi connectivity index (χ2v) is 4.30. The lowest BCUT2D eigenvalue weighted by Crippen LogP contribution is -2.41. The average Bonchev–Trinajstić information content (AvgIpc) is 2.27. The fourth-order valence-electron chi connectivity index (χ4n) is 1.39. The molecule has 0 bridgehead atoms. The Morgan fingerprint density at radius 2 is 1.81 bits per heavy atom. The van der Waals surface area contributed by atoms with Crippen LogP contribution in [0.4, 0.5) is 0 Å². The van der Waals surface area contributed by atoms with Crippen molar-refractivity contribution < 1.29 is 4.79 Å². The molecule has 0 saturated heterocycles. The Morgan fingerprint density at radius 1 is 1.25 bits per heavy atom. The molecule has 1 N–H and O–H groups in total. The fourth-order valence-corrected chi connectivity index (χ4v) is 1.39. The van der Waals surface area contributed by atoms with Gasteiger partial charge in [0.2, 0.25) is 5.91 Å². The summed E-state index contributed by atoms with van der Waals surface area (Å²) in [7, 11) is 1.85. The highest BCUT2D eigenvalue weighted by molar-refractivity contribution is 5.78. The molecule has 0 fully saturated rings. The molecule has 16 heavy (non-hydrogen) atoms. The van der Waals surface area contributed by atoms with E-state index in [1.54, 1.807) is 4.90 Å². The summed E-state index contributed by atoms with van der Waals surface area (Å²) in [6.07, 6.45) is 0. The van der Waals surface area contributed by atoms with Crippen LogP contribution in [0.1, 0.15) is 27.7 Å². The van der Waals surface area contributed by atoms with E-state index < -0.39 is 0 Å². The fraction of sp³-hybridized carbons (Fsp3) is 0.917. The van der Waals surface area contributed by atoms with Gasteiger partial charge in [-0.1, -0.05) is 13.8 Å². The van der Waals surface area contributed by atoms with Crippen LogP contribution in [-0.2, 0) is 4.79 Å². The highest BCUT2D eigenvalue weighted by atomic mass is 16.2. The zero-order valence-corrected chi connectivity index (χ0v) is 11.4. The maximum absolute atomic E-state index is 11.6. The molecular weight excluding hydrogens is 202 g/mol. The molecular formula is C12H27N3O. The van der Waals surface area contributed by atoms with Crippen molar-refractivity contribution in [3.05, 3.63) is 0 Å². The first kappa shape index (κ1) is 15.4. The van der Waals surface area contributed by atoms with Gasteiger partial charge in [-0.2, -0.15) is 0 Å². The normalized spacial score (nSPS) is 11.2. The van der Waals surface area contributed by atoms with Gasteiger partial charge in [-0.05, 0) is 26.9 Å². The number of carbonyl (C=O) groups is 1. The van der Waals surface area contributed by atoms with Crippen molar-refractivity contribution in [2.24, 2.45) is 0 Å². The molecule has 0 rings (SSSR count). The molecule has 1 amide bonds. The summed E-state index contributed by atoms with van der Waals surface area (Å²) in [6, 6.07) is 0.275. The van der Waals surface area contributed by atoms with Crippen LogP contribution in [0.3, 0.4) is 0 Å². The first-order valence-electron chi connectivity index (χ1n) is 6.21. The van der Waals surface area contributed by atoms with E-state index in [4.69, 9.17) is 0 Å². The van der Waals surface area contributed by atoms with E-state index in [9.17, 15) is 4.79 Å².